The van der Waals surface area contributed by atoms with E-state index in [1.165, 1.54) is 12.1 Å². The van der Waals surface area contributed by atoms with Gasteiger partial charge in [0.15, 0.2) is 5.96 Å². The second-order valence-electron chi connectivity index (χ2n) is 7.14. The molecule has 1 aromatic rings. The lowest BCUT2D eigenvalue weighted by Gasteiger charge is -2.22. The molecule has 0 aromatic heterocycles. The van der Waals surface area contributed by atoms with Crippen LogP contribution in [0.25, 0.3) is 0 Å². The van der Waals surface area contributed by atoms with E-state index < -0.39 is 10.0 Å². The summed E-state index contributed by atoms with van der Waals surface area (Å²) in [6.45, 7) is 3.62. The van der Waals surface area contributed by atoms with Crippen molar-refractivity contribution in [3.63, 3.8) is 0 Å². The van der Waals surface area contributed by atoms with Crippen LogP contribution in [0.1, 0.15) is 32.6 Å². The average Bonchev–Trinajstić information content (AvgIpc) is 2.74. The number of aliphatic imine (C=N–C) groups is 1. The van der Waals surface area contributed by atoms with Gasteiger partial charge in [0.2, 0.25) is 10.0 Å². The number of rotatable bonds is 11. The molecule has 0 radical (unpaired) electrons. The molecule has 0 amide bonds. The van der Waals surface area contributed by atoms with Gasteiger partial charge in [-0.25, -0.2) is 17.5 Å². The third-order valence-electron chi connectivity index (χ3n) is 4.74. The molecular weight excluding hydrogens is 411 g/mol. The smallest absolute Gasteiger partial charge is 0.213 e. The number of hydrogen-bond donors (Lipinski definition) is 3. The summed E-state index contributed by atoms with van der Waals surface area (Å²) in [5.41, 5.74) is 0. The average molecular weight is 445 g/mol. The van der Waals surface area contributed by atoms with Crippen LogP contribution < -0.4 is 20.1 Å². The second-order valence-corrected chi connectivity index (χ2v) is 9.07. The van der Waals surface area contributed by atoms with Crippen LogP contribution in [0.2, 0.25) is 0 Å². The van der Waals surface area contributed by atoms with E-state index in [-0.39, 0.29) is 30.3 Å². The van der Waals surface area contributed by atoms with Crippen molar-refractivity contribution in [1.82, 2.24) is 15.4 Å². The molecular formula is C20H33FN4O4S. The molecule has 1 aromatic carbocycles. The number of sulfonamides is 1. The highest BCUT2D eigenvalue weighted by Gasteiger charge is 2.18. The van der Waals surface area contributed by atoms with E-state index >= 15 is 0 Å². The molecule has 1 fully saturated rings. The Bertz CT molecular complexity index is 770. The van der Waals surface area contributed by atoms with Crippen LogP contribution in [0.3, 0.4) is 0 Å². The van der Waals surface area contributed by atoms with Gasteiger partial charge in [0.1, 0.15) is 17.7 Å². The minimum absolute atomic E-state index is 0.0417. The molecule has 2 atom stereocenters. The number of benzene rings is 1. The van der Waals surface area contributed by atoms with Gasteiger partial charge in [-0.05, 0) is 37.8 Å². The van der Waals surface area contributed by atoms with Gasteiger partial charge in [-0.15, -0.1) is 0 Å². The Hall–Kier alpha value is -1.91. The molecule has 3 N–H and O–H groups in total. The highest BCUT2D eigenvalue weighted by atomic mass is 32.2. The summed E-state index contributed by atoms with van der Waals surface area (Å²) in [5.74, 6) is 0.516. The van der Waals surface area contributed by atoms with Gasteiger partial charge in [0.25, 0.3) is 0 Å². The van der Waals surface area contributed by atoms with Crippen molar-refractivity contribution in [2.75, 3.05) is 39.0 Å². The molecule has 2 unspecified atom stereocenters. The highest BCUT2D eigenvalue weighted by molar-refractivity contribution is 7.89. The van der Waals surface area contributed by atoms with Crippen LogP contribution >= 0.6 is 0 Å². The van der Waals surface area contributed by atoms with Gasteiger partial charge in [-0.1, -0.05) is 13.0 Å². The summed E-state index contributed by atoms with van der Waals surface area (Å²) in [5, 5.41) is 6.10. The topological polar surface area (TPSA) is 101 Å². The highest BCUT2D eigenvalue weighted by Crippen LogP contribution is 2.15. The molecule has 30 heavy (non-hydrogen) atoms. The SMILES string of the molecule is CCC(CNC(=NC)NCCS(=O)(=O)NCC1CCCCO1)Oc1cccc(F)c1. The summed E-state index contributed by atoms with van der Waals surface area (Å²) >= 11 is 0. The summed E-state index contributed by atoms with van der Waals surface area (Å²) in [7, 11) is -1.79. The predicted molar refractivity (Wildman–Crippen MR) is 116 cm³/mol. The third-order valence-corrected chi connectivity index (χ3v) is 6.09. The monoisotopic (exact) mass is 444 g/mol. The Morgan fingerprint density at radius 3 is 2.87 bits per heavy atom. The molecule has 170 valence electrons. The van der Waals surface area contributed by atoms with Gasteiger partial charge in [0.05, 0.1) is 18.4 Å². The first kappa shape index (κ1) is 24.4. The van der Waals surface area contributed by atoms with E-state index in [0.717, 1.165) is 19.3 Å². The maximum absolute atomic E-state index is 13.3. The molecule has 10 heteroatoms. The Kier molecular flexibility index (Phi) is 10.3. The molecule has 0 spiro atoms. The van der Waals surface area contributed by atoms with Gasteiger partial charge in [-0.3, -0.25) is 4.99 Å². The Labute approximate surface area is 178 Å². The third kappa shape index (κ3) is 9.27. The zero-order valence-electron chi connectivity index (χ0n) is 17.7. The van der Waals surface area contributed by atoms with Crippen molar-refractivity contribution >= 4 is 16.0 Å². The standard InChI is InChI=1S/C20H33FN4O4S/c1-3-17(29-18-9-6-7-16(21)13-18)14-24-20(22-2)23-10-12-30(26,27)25-15-19-8-4-5-11-28-19/h6-7,9,13,17,19,25H,3-5,8,10-12,14-15H2,1-2H3,(H2,22,23,24). The number of ether oxygens (including phenoxy) is 2. The molecule has 1 heterocycles. The van der Waals surface area contributed by atoms with Crippen LogP contribution in [0, 0.1) is 5.82 Å². The van der Waals surface area contributed by atoms with Crippen molar-refractivity contribution in [3.05, 3.63) is 30.1 Å². The number of nitrogens with zero attached hydrogens (tertiary/aromatic N) is 1. The van der Waals surface area contributed by atoms with Crippen LogP contribution in [0.4, 0.5) is 4.39 Å². The van der Waals surface area contributed by atoms with Crippen LogP contribution in [0.5, 0.6) is 5.75 Å². The lowest BCUT2D eigenvalue weighted by atomic mass is 10.1. The fraction of sp³-hybridized carbons (Fsp3) is 0.650. The van der Waals surface area contributed by atoms with E-state index in [9.17, 15) is 12.8 Å². The fourth-order valence-electron chi connectivity index (χ4n) is 3.00. The maximum Gasteiger partial charge on any atom is 0.213 e. The van der Waals surface area contributed by atoms with E-state index in [4.69, 9.17) is 9.47 Å². The first-order valence-electron chi connectivity index (χ1n) is 10.4. The molecule has 0 bridgehead atoms. The van der Waals surface area contributed by atoms with E-state index in [0.29, 0.717) is 37.8 Å². The molecule has 0 saturated carbocycles. The van der Waals surface area contributed by atoms with E-state index in [1.54, 1.807) is 19.2 Å². The van der Waals surface area contributed by atoms with Gasteiger partial charge < -0.3 is 20.1 Å². The van der Waals surface area contributed by atoms with Crippen molar-refractivity contribution in [1.29, 1.82) is 0 Å². The molecule has 0 aliphatic carbocycles. The van der Waals surface area contributed by atoms with Crippen molar-refractivity contribution in [2.24, 2.45) is 4.99 Å². The molecule has 2 rings (SSSR count). The minimum Gasteiger partial charge on any atom is -0.489 e. The van der Waals surface area contributed by atoms with Crippen LogP contribution in [0.15, 0.2) is 29.3 Å². The summed E-state index contributed by atoms with van der Waals surface area (Å²) < 4.78 is 51.6. The van der Waals surface area contributed by atoms with Gasteiger partial charge in [-0.2, -0.15) is 0 Å². The fourth-order valence-corrected chi connectivity index (χ4v) is 3.95. The Morgan fingerprint density at radius 2 is 2.20 bits per heavy atom. The Morgan fingerprint density at radius 1 is 1.37 bits per heavy atom. The van der Waals surface area contributed by atoms with Crippen molar-refractivity contribution in [2.45, 2.75) is 44.8 Å². The number of guanidine groups is 1. The van der Waals surface area contributed by atoms with Crippen LogP contribution in [-0.2, 0) is 14.8 Å². The second kappa shape index (κ2) is 12.7. The minimum atomic E-state index is -3.40. The van der Waals surface area contributed by atoms with Crippen molar-refractivity contribution < 1.29 is 22.3 Å². The lowest BCUT2D eigenvalue weighted by Crippen LogP contribution is -2.45. The van der Waals surface area contributed by atoms with Crippen molar-refractivity contribution in [3.8, 4) is 5.75 Å². The first-order chi connectivity index (χ1) is 14.4. The van der Waals surface area contributed by atoms with Gasteiger partial charge >= 0.3 is 0 Å². The quantitative estimate of drug-likeness (QED) is 0.354. The molecule has 1 saturated heterocycles. The van der Waals surface area contributed by atoms with Gasteiger partial charge in [0, 0.05) is 32.8 Å². The summed E-state index contributed by atoms with van der Waals surface area (Å²) in [6.07, 6.45) is 3.46. The normalized spacial score (nSPS) is 18.6. The largest absolute Gasteiger partial charge is 0.489 e. The summed E-state index contributed by atoms with van der Waals surface area (Å²) in [4.78, 5) is 4.10. The molecule has 1 aliphatic heterocycles. The number of hydrogen-bond acceptors (Lipinski definition) is 5. The molecule has 8 nitrogen and oxygen atoms in total. The lowest BCUT2D eigenvalue weighted by molar-refractivity contribution is 0.0200. The van der Waals surface area contributed by atoms with Crippen LogP contribution in [-0.4, -0.2) is 65.6 Å². The number of nitrogens with one attached hydrogen (secondary N) is 3. The molecule has 1 aliphatic rings. The predicted octanol–water partition coefficient (Wildman–Crippen LogP) is 1.64. The zero-order valence-corrected chi connectivity index (χ0v) is 18.5. The maximum atomic E-state index is 13.3. The van der Waals surface area contributed by atoms with E-state index in [1.807, 2.05) is 6.92 Å². The van der Waals surface area contributed by atoms with E-state index in [2.05, 4.69) is 20.3 Å². The Balaban J connectivity index is 1.70. The summed E-state index contributed by atoms with van der Waals surface area (Å²) in [6, 6.07) is 6.00. The number of halogens is 1. The zero-order chi connectivity index (χ0) is 21.8. The first-order valence-corrected chi connectivity index (χ1v) is 12.0.